The smallest absolute Gasteiger partial charge is 0.357 e. The van der Waals surface area contributed by atoms with E-state index in [1.165, 1.54) is 20.0 Å². The summed E-state index contributed by atoms with van der Waals surface area (Å²) < 4.78 is 4.82. The molecular formula is C13H17N3O2. The lowest BCUT2D eigenvalue weighted by Gasteiger charge is -2.11. The standard InChI is InChI=1S/C13H17N3O2/c1-18-13(17)11-9-6-14-7-10(9)15-12(16-11)8-4-2-3-5-8/h8,14H,2-7H2,1H3. The molecule has 1 aromatic rings. The summed E-state index contributed by atoms with van der Waals surface area (Å²) in [7, 11) is 1.40. The van der Waals surface area contributed by atoms with Crippen LogP contribution in [0, 0.1) is 0 Å². The van der Waals surface area contributed by atoms with Gasteiger partial charge in [-0.25, -0.2) is 14.8 Å². The van der Waals surface area contributed by atoms with Crippen molar-refractivity contribution in [2.24, 2.45) is 0 Å². The van der Waals surface area contributed by atoms with Gasteiger partial charge in [-0.15, -0.1) is 0 Å². The van der Waals surface area contributed by atoms with Gasteiger partial charge < -0.3 is 10.1 Å². The summed E-state index contributed by atoms with van der Waals surface area (Å²) >= 11 is 0. The van der Waals surface area contributed by atoms with Gasteiger partial charge in [0.15, 0.2) is 5.69 Å². The fourth-order valence-corrected chi connectivity index (χ4v) is 2.82. The normalized spacial score (nSPS) is 18.9. The van der Waals surface area contributed by atoms with Crippen molar-refractivity contribution in [3.8, 4) is 0 Å². The maximum Gasteiger partial charge on any atom is 0.357 e. The van der Waals surface area contributed by atoms with E-state index in [4.69, 9.17) is 4.74 Å². The van der Waals surface area contributed by atoms with Crippen LogP contribution < -0.4 is 5.32 Å². The molecule has 0 bridgehead atoms. The Morgan fingerprint density at radius 3 is 2.78 bits per heavy atom. The molecule has 1 aliphatic heterocycles. The minimum absolute atomic E-state index is 0.350. The number of fused-ring (bicyclic) bond motifs is 1. The van der Waals surface area contributed by atoms with E-state index in [1.807, 2.05) is 0 Å². The van der Waals surface area contributed by atoms with Crippen molar-refractivity contribution >= 4 is 5.97 Å². The molecule has 0 amide bonds. The Hall–Kier alpha value is -1.49. The number of carbonyl (C=O) groups excluding carboxylic acids is 1. The van der Waals surface area contributed by atoms with Gasteiger partial charge in [-0.2, -0.15) is 0 Å². The Kier molecular flexibility index (Phi) is 2.99. The summed E-state index contributed by atoms with van der Waals surface area (Å²) in [6.07, 6.45) is 4.73. The van der Waals surface area contributed by atoms with Crippen molar-refractivity contribution in [1.82, 2.24) is 15.3 Å². The molecule has 0 saturated heterocycles. The monoisotopic (exact) mass is 247 g/mol. The van der Waals surface area contributed by atoms with Gasteiger partial charge in [0.25, 0.3) is 0 Å². The summed E-state index contributed by atoms with van der Waals surface area (Å²) in [6.45, 7) is 1.38. The van der Waals surface area contributed by atoms with Crippen LogP contribution in [0.25, 0.3) is 0 Å². The van der Waals surface area contributed by atoms with Crippen LogP contribution in [-0.2, 0) is 17.8 Å². The van der Waals surface area contributed by atoms with Gasteiger partial charge >= 0.3 is 5.97 Å². The van der Waals surface area contributed by atoms with Crippen molar-refractivity contribution in [3.05, 3.63) is 22.8 Å². The Morgan fingerprint density at radius 1 is 1.28 bits per heavy atom. The van der Waals surface area contributed by atoms with E-state index in [0.717, 1.165) is 36.5 Å². The van der Waals surface area contributed by atoms with E-state index in [1.54, 1.807) is 0 Å². The number of rotatable bonds is 2. The highest BCUT2D eigenvalue weighted by Gasteiger charge is 2.27. The highest BCUT2D eigenvalue weighted by molar-refractivity contribution is 5.89. The lowest BCUT2D eigenvalue weighted by atomic mass is 10.1. The lowest BCUT2D eigenvalue weighted by Crippen LogP contribution is -2.14. The fraction of sp³-hybridized carbons (Fsp3) is 0.615. The van der Waals surface area contributed by atoms with Gasteiger partial charge in [0, 0.05) is 24.6 Å². The second kappa shape index (κ2) is 4.65. The van der Waals surface area contributed by atoms with Crippen LogP contribution in [0.4, 0.5) is 0 Å². The van der Waals surface area contributed by atoms with Crippen molar-refractivity contribution < 1.29 is 9.53 Å². The second-order valence-electron chi connectivity index (χ2n) is 4.93. The van der Waals surface area contributed by atoms with Crippen molar-refractivity contribution in [2.75, 3.05) is 7.11 Å². The van der Waals surface area contributed by atoms with E-state index in [2.05, 4.69) is 15.3 Å². The van der Waals surface area contributed by atoms with Crippen LogP contribution in [0.3, 0.4) is 0 Å². The molecule has 0 aromatic carbocycles. The SMILES string of the molecule is COC(=O)c1nc(C2CCCC2)nc2c1CNC2. The molecule has 0 atom stereocenters. The molecule has 5 heteroatoms. The minimum Gasteiger partial charge on any atom is -0.464 e. The van der Waals surface area contributed by atoms with Crippen molar-refractivity contribution in [3.63, 3.8) is 0 Å². The summed E-state index contributed by atoms with van der Waals surface area (Å²) in [5, 5.41) is 3.21. The highest BCUT2D eigenvalue weighted by atomic mass is 16.5. The quantitative estimate of drug-likeness (QED) is 0.803. The first-order chi connectivity index (χ1) is 8.79. The number of esters is 1. The summed E-state index contributed by atoms with van der Waals surface area (Å²) in [4.78, 5) is 20.9. The molecule has 18 heavy (non-hydrogen) atoms. The van der Waals surface area contributed by atoms with E-state index in [9.17, 15) is 4.79 Å². The largest absolute Gasteiger partial charge is 0.464 e. The topological polar surface area (TPSA) is 64.1 Å². The van der Waals surface area contributed by atoms with Crippen LogP contribution in [0.2, 0.25) is 0 Å². The lowest BCUT2D eigenvalue weighted by molar-refractivity contribution is 0.0592. The van der Waals surface area contributed by atoms with E-state index in [-0.39, 0.29) is 5.97 Å². The number of hydrogen-bond acceptors (Lipinski definition) is 5. The van der Waals surface area contributed by atoms with Crippen LogP contribution in [-0.4, -0.2) is 23.0 Å². The summed E-state index contributed by atoms with van der Waals surface area (Å²) in [5.74, 6) is 0.895. The molecule has 5 nitrogen and oxygen atoms in total. The number of nitrogens with one attached hydrogen (secondary N) is 1. The molecule has 1 aliphatic carbocycles. The Labute approximate surface area is 106 Å². The van der Waals surface area contributed by atoms with Gasteiger partial charge in [-0.05, 0) is 12.8 Å². The van der Waals surface area contributed by atoms with Gasteiger partial charge in [-0.3, -0.25) is 0 Å². The zero-order valence-electron chi connectivity index (χ0n) is 10.5. The molecular weight excluding hydrogens is 230 g/mol. The molecule has 1 saturated carbocycles. The van der Waals surface area contributed by atoms with Crippen LogP contribution >= 0.6 is 0 Å². The average molecular weight is 247 g/mol. The molecule has 0 unspecified atom stereocenters. The summed E-state index contributed by atoms with van der Waals surface area (Å²) in [6, 6.07) is 0. The Morgan fingerprint density at radius 2 is 2.06 bits per heavy atom. The zero-order chi connectivity index (χ0) is 12.5. The first-order valence-electron chi connectivity index (χ1n) is 6.48. The third-order valence-electron chi connectivity index (χ3n) is 3.80. The Balaban J connectivity index is 2.03. The first-order valence-corrected chi connectivity index (χ1v) is 6.48. The molecule has 2 heterocycles. The number of methoxy groups -OCH3 is 1. The van der Waals surface area contributed by atoms with E-state index in [0.29, 0.717) is 18.2 Å². The van der Waals surface area contributed by atoms with Gasteiger partial charge in [0.2, 0.25) is 0 Å². The number of aromatic nitrogens is 2. The molecule has 1 N–H and O–H groups in total. The third kappa shape index (κ3) is 1.88. The first kappa shape index (κ1) is 11.6. The molecule has 1 aromatic heterocycles. The predicted molar refractivity (Wildman–Crippen MR) is 65.1 cm³/mol. The average Bonchev–Trinajstić information content (AvgIpc) is 3.06. The van der Waals surface area contributed by atoms with E-state index < -0.39 is 0 Å². The fourth-order valence-electron chi connectivity index (χ4n) is 2.82. The van der Waals surface area contributed by atoms with Crippen molar-refractivity contribution in [2.45, 2.75) is 44.7 Å². The predicted octanol–water partition coefficient (Wildman–Crippen LogP) is 1.52. The van der Waals surface area contributed by atoms with Crippen molar-refractivity contribution in [1.29, 1.82) is 0 Å². The second-order valence-corrected chi connectivity index (χ2v) is 4.93. The van der Waals surface area contributed by atoms with Crippen LogP contribution in [0.1, 0.15) is 59.2 Å². The number of ether oxygens (including phenoxy) is 1. The number of hydrogen-bond donors (Lipinski definition) is 1. The van der Waals surface area contributed by atoms with Gasteiger partial charge in [0.1, 0.15) is 5.82 Å². The minimum atomic E-state index is -0.350. The van der Waals surface area contributed by atoms with Gasteiger partial charge in [-0.1, -0.05) is 12.8 Å². The molecule has 2 aliphatic rings. The third-order valence-corrected chi connectivity index (χ3v) is 3.80. The maximum absolute atomic E-state index is 11.8. The van der Waals surface area contributed by atoms with E-state index >= 15 is 0 Å². The number of carbonyl (C=O) groups is 1. The molecule has 1 fully saturated rings. The molecule has 0 spiro atoms. The zero-order valence-corrected chi connectivity index (χ0v) is 10.5. The molecule has 96 valence electrons. The highest BCUT2D eigenvalue weighted by Crippen LogP contribution is 2.33. The summed E-state index contributed by atoms with van der Waals surface area (Å²) in [5.41, 5.74) is 2.32. The van der Waals surface area contributed by atoms with Gasteiger partial charge in [0.05, 0.1) is 12.8 Å². The molecule has 3 rings (SSSR count). The Bertz CT molecular complexity index is 481. The molecule has 0 radical (unpaired) electrons. The van der Waals surface area contributed by atoms with Crippen LogP contribution in [0.5, 0.6) is 0 Å². The van der Waals surface area contributed by atoms with Crippen LogP contribution in [0.15, 0.2) is 0 Å². The number of nitrogens with zero attached hydrogens (tertiary/aromatic N) is 2. The maximum atomic E-state index is 11.8.